The van der Waals surface area contributed by atoms with E-state index in [1.54, 1.807) is 25.1 Å². The number of hydrogen-bond acceptors (Lipinski definition) is 4. The summed E-state index contributed by atoms with van der Waals surface area (Å²) < 4.78 is 31.8. The number of morpholine rings is 1. The van der Waals surface area contributed by atoms with Crippen LogP contribution in [0, 0.1) is 0 Å². The lowest BCUT2D eigenvalue weighted by Gasteiger charge is -2.32. The van der Waals surface area contributed by atoms with Gasteiger partial charge in [0.15, 0.2) is 0 Å². The van der Waals surface area contributed by atoms with Gasteiger partial charge in [-0.15, -0.1) is 0 Å². The monoisotopic (exact) mass is 285 g/mol. The fourth-order valence-electron chi connectivity index (χ4n) is 2.14. The van der Waals surface area contributed by atoms with Crippen LogP contribution < -0.4 is 0 Å². The Kier molecular flexibility index (Phi) is 4.25. The second kappa shape index (κ2) is 5.58. The number of ether oxygens (including phenoxy) is 1. The van der Waals surface area contributed by atoms with Crippen LogP contribution in [-0.4, -0.2) is 43.6 Å². The van der Waals surface area contributed by atoms with Crippen LogP contribution in [0.1, 0.15) is 25.5 Å². The Morgan fingerprint density at radius 1 is 1.47 bits per heavy atom. The smallest absolute Gasteiger partial charge is 0.243 e. The summed E-state index contributed by atoms with van der Waals surface area (Å²) in [5.41, 5.74) is 0.599. The molecule has 1 heterocycles. The molecular weight excluding hydrogens is 266 g/mol. The highest BCUT2D eigenvalue weighted by Crippen LogP contribution is 2.23. The van der Waals surface area contributed by atoms with Gasteiger partial charge in [-0.2, -0.15) is 4.31 Å². The lowest BCUT2D eigenvalue weighted by Crippen LogP contribution is -2.46. The molecule has 1 aliphatic rings. The lowest BCUT2D eigenvalue weighted by molar-refractivity contribution is 0.0392. The van der Waals surface area contributed by atoms with Crippen molar-refractivity contribution in [2.75, 3.05) is 19.8 Å². The summed E-state index contributed by atoms with van der Waals surface area (Å²) in [7, 11) is -3.53. The van der Waals surface area contributed by atoms with Crippen molar-refractivity contribution in [1.82, 2.24) is 4.31 Å². The fourth-order valence-corrected chi connectivity index (χ4v) is 3.80. The molecule has 0 aromatic heterocycles. The molecule has 0 bridgehead atoms. The highest BCUT2D eigenvalue weighted by molar-refractivity contribution is 7.89. The van der Waals surface area contributed by atoms with Crippen molar-refractivity contribution in [2.45, 2.75) is 30.9 Å². The summed E-state index contributed by atoms with van der Waals surface area (Å²) in [5, 5.41) is 9.55. The Morgan fingerprint density at radius 3 is 2.84 bits per heavy atom. The third kappa shape index (κ3) is 2.97. The molecule has 2 unspecified atom stereocenters. The quantitative estimate of drug-likeness (QED) is 0.904. The van der Waals surface area contributed by atoms with Crippen molar-refractivity contribution in [2.24, 2.45) is 0 Å². The molecule has 0 aliphatic carbocycles. The molecule has 106 valence electrons. The van der Waals surface area contributed by atoms with E-state index in [4.69, 9.17) is 4.74 Å². The average molecular weight is 285 g/mol. The van der Waals surface area contributed by atoms with E-state index in [-0.39, 0.29) is 10.9 Å². The van der Waals surface area contributed by atoms with Crippen molar-refractivity contribution >= 4 is 10.0 Å². The molecule has 1 aromatic rings. The Labute approximate surface area is 113 Å². The SMILES string of the molecule is CC(O)c1cccc(S(=O)(=O)N2CCOCC2C)c1. The van der Waals surface area contributed by atoms with Crippen LogP contribution >= 0.6 is 0 Å². The van der Waals surface area contributed by atoms with E-state index >= 15 is 0 Å². The zero-order valence-corrected chi connectivity index (χ0v) is 11.9. The normalized spacial score (nSPS) is 23.2. The Hall–Kier alpha value is -0.950. The Morgan fingerprint density at radius 2 is 2.21 bits per heavy atom. The van der Waals surface area contributed by atoms with Gasteiger partial charge in [0.1, 0.15) is 0 Å². The molecule has 0 amide bonds. The van der Waals surface area contributed by atoms with E-state index in [1.807, 2.05) is 6.92 Å². The summed E-state index contributed by atoms with van der Waals surface area (Å²) in [6.45, 7) is 4.63. The molecule has 1 aliphatic heterocycles. The number of hydrogen-bond donors (Lipinski definition) is 1. The van der Waals surface area contributed by atoms with Crippen molar-refractivity contribution in [3.05, 3.63) is 29.8 Å². The number of aliphatic hydroxyl groups excluding tert-OH is 1. The van der Waals surface area contributed by atoms with Gasteiger partial charge in [0.2, 0.25) is 10.0 Å². The van der Waals surface area contributed by atoms with Gasteiger partial charge in [0.25, 0.3) is 0 Å². The summed E-state index contributed by atoms with van der Waals surface area (Å²) >= 11 is 0. The molecule has 1 N–H and O–H groups in total. The minimum absolute atomic E-state index is 0.172. The average Bonchev–Trinajstić information content (AvgIpc) is 2.39. The van der Waals surface area contributed by atoms with Gasteiger partial charge >= 0.3 is 0 Å². The number of rotatable bonds is 3. The van der Waals surface area contributed by atoms with Crippen molar-refractivity contribution in [1.29, 1.82) is 0 Å². The molecule has 0 radical (unpaired) electrons. The molecule has 1 aromatic carbocycles. The van der Waals surface area contributed by atoms with E-state index in [0.717, 1.165) is 0 Å². The first-order valence-corrected chi connectivity index (χ1v) is 7.74. The van der Waals surface area contributed by atoms with E-state index in [0.29, 0.717) is 25.3 Å². The van der Waals surface area contributed by atoms with Gasteiger partial charge in [-0.3, -0.25) is 0 Å². The van der Waals surface area contributed by atoms with Crippen molar-refractivity contribution < 1.29 is 18.3 Å². The first kappa shape index (κ1) is 14.5. The molecular formula is C13H19NO4S. The number of benzene rings is 1. The molecule has 0 spiro atoms. The third-order valence-corrected chi connectivity index (χ3v) is 5.26. The maximum Gasteiger partial charge on any atom is 0.243 e. The fraction of sp³-hybridized carbons (Fsp3) is 0.538. The predicted molar refractivity (Wildman–Crippen MR) is 71.2 cm³/mol. The molecule has 2 atom stereocenters. The summed E-state index contributed by atoms with van der Waals surface area (Å²) in [4.78, 5) is 0.222. The minimum Gasteiger partial charge on any atom is -0.389 e. The maximum absolute atomic E-state index is 12.6. The topological polar surface area (TPSA) is 66.8 Å². The van der Waals surface area contributed by atoms with Gasteiger partial charge in [0, 0.05) is 12.6 Å². The minimum atomic E-state index is -3.53. The van der Waals surface area contributed by atoms with Crippen LogP contribution in [0.15, 0.2) is 29.2 Å². The second-order valence-electron chi connectivity index (χ2n) is 4.79. The van der Waals surface area contributed by atoms with Crippen LogP contribution in [-0.2, 0) is 14.8 Å². The van der Waals surface area contributed by atoms with Crippen molar-refractivity contribution in [3.63, 3.8) is 0 Å². The summed E-state index contributed by atoms with van der Waals surface area (Å²) in [6.07, 6.45) is -0.683. The standard InChI is InChI=1S/C13H19NO4S/c1-10-9-18-7-6-14(10)19(16,17)13-5-3-4-12(8-13)11(2)15/h3-5,8,10-11,15H,6-7,9H2,1-2H3. The van der Waals surface area contributed by atoms with E-state index in [1.165, 1.54) is 10.4 Å². The summed E-state index contributed by atoms with van der Waals surface area (Å²) in [5.74, 6) is 0. The van der Waals surface area contributed by atoms with Gasteiger partial charge in [0.05, 0.1) is 24.2 Å². The molecule has 1 fully saturated rings. The van der Waals surface area contributed by atoms with Crippen LogP contribution in [0.5, 0.6) is 0 Å². The zero-order chi connectivity index (χ0) is 14.0. The lowest BCUT2D eigenvalue weighted by atomic mass is 10.1. The van der Waals surface area contributed by atoms with Gasteiger partial charge in [-0.05, 0) is 31.5 Å². The number of aliphatic hydroxyl groups is 1. The first-order valence-electron chi connectivity index (χ1n) is 6.30. The van der Waals surface area contributed by atoms with Crippen LogP contribution in [0.2, 0.25) is 0 Å². The Bertz CT molecular complexity index is 541. The maximum atomic E-state index is 12.6. The van der Waals surface area contributed by atoms with Gasteiger partial charge in [-0.25, -0.2) is 8.42 Å². The van der Waals surface area contributed by atoms with Gasteiger partial charge in [-0.1, -0.05) is 12.1 Å². The predicted octanol–water partition coefficient (Wildman–Crippen LogP) is 1.15. The first-order chi connectivity index (χ1) is 8.93. The largest absolute Gasteiger partial charge is 0.389 e. The molecule has 6 heteroatoms. The molecule has 5 nitrogen and oxygen atoms in total. The van der Waals surface area contributed by atoms with Crippen LogP contribution in [0.25, 0.3) is 0 Å². The third-order valence-electron chi connectivity index (χ3n) is 3.25. The molecule has 19 heavy (non-hydrogen) atoms. The van der Waals surface area contributed by atoms with Crippen LogP contribution in [0.4, 0.5) is 0 Å². The van der Waals surface area contributed by atoms with E-state index < -0.39 is 16.1 Å². The van der Waals surface area contributed by atoms with Crippen molar-refractivity contribution in [3.8, 4) is 0 Å². The molecule has 1 saturated heterocycles. The highest BCUT2D eigenvalue weighted by Gasteiger charge is 2.31. The van der Waals surface area contributed by atoms with Gasteiger partial charge < -0.3 is 9.84 Å². The number of nitrogens with zero attached hydrogens (tertiary/aromatic N) is 1. The van der Waals surface area contributed by atoms with E-state index in [2.05, 4.69) is 0 Å². The van der Waals surface area contributed by atoms with Crippen LogP contribution in [0.3, 0.4) is 0 Å². The Balaban J connectivity index is 2.36. The summed E-state index contributed by atoms with van der Waals surface area (Å²) in [6, 6.07) is 6.28. The second-order valence-corrected chi connectivity index (χ2v) is 6.68. The highest BCUT2D eigenvalue weighted by atomic mass is 32.2. The molecule has 0 saturated carbocycles. The molecule has 2 rings (SSSR count). The zero-order valence-electron chi connectivity index (χ0n) is 11.1. The number of sulfonamides is 1. The van der Waals surface area contributed by atoms with E-state index in [9.17, 15) is 13.5 Å².